The fourth-order valence-electron chi connectivity index (χ4n) is 2.86. The molecule has 1 N–H and O–H groups in total. The third kappa shape index (κ3) is 1.80. The molecule has 0 amide bonds. The molecule has 0 aliphatic carbocycles. The SMILES string of the molecule is Cc1nc2c(c(=O)n1C)CN(c1ncnc3nc[nH]c13)CC2. The third-order valence-corrected chi connectivity index (χ3v) is 4.16. The van der Waals surface area contributed by atoms with E-state index < -0.39 is 0 Å². The number of aromatic amines is 1. The first kappa shape index (κ1) is 12.9. The van der Waals surface area contributed by atoms with Gasteiger partial charge in [0.05, 0.1) is 24.1 Å². The minimum absolute atomic E-state index is 0.0158. The molecular weight excluding hydrogens is 282 g/mol. The molecular formula is C14H15N7O. The fraction of sp³-hybridized carbons (Fsp3) is 0.357. The molecule has 0 saturated heterocycles. The number of H-pyrrole nitrogens is 1. The molecule has 0 aromatic carbocycles. The van der Waals surface area contributed by atoms with Crippen LogP contribution in [0.3, 0.4) is 0 Å². The molecule has 1 aliphatic heterocycles. The molecule has 0 fully saturated rings. The van der Waals surface area contributed by atoms with Crippen LogP contribution in [-0.4, -0.2) is 36.0 Å². The van der Waals surface area contributed by atoms with Crippen molar-refractivity contribution >= 4 is 17.0 Å². The number of hydrogen-bond acceptors (Lipinski definition) is 6. The Labute approximate surface area is 125 Å². The van der Waals surface area contributed by atoms with Crippen molar-refractivity contribution < 1.29 is 0 Å². The molecule has 0 atom stereocenters. The smallest absolute Gasteiger partial charge is 0.258 e. The van der Waals surface area contributed by atoms with Crippen molar-refractivity contribution in [3.05, 3.63) is 40.1 Å². The van der Waals surface area contributed by atoms with Crippen molar-refractivity contribution in [2.24, 2.45) is 7.05 Å². The minimum atomic E-state index is 0.0158. The highest BCUT2D eigenvalue weighted by atomic mass is 16.1. The summed E-state index contributed by atoms with van der Waals surface area (Å²) in [5, 5.41) is 0. The van der Waals surface area contributed by atoms with Crippen LogP contribution in [0.1, 0.15) is 17.1 Å². The zero-order chi connectivity index (χ0) is 15.3. The molecule has 112 valence electrons. The van der Waals surface area contributed by atoms with Gasteiger partial charge in [0.2, 0.25) is 0 Å². The van der Waals surface area contributed by atoms with E-state index in [1.807, 2.05) is 6.92 Å². The summed E-state index contributed by atoms with van der Waals surface area (Å²) < 4.78 is 1.59. The maximum absolute atomic E-state index is 12.5. The lowest BCUT2D eigenvalue weighted by atomic mass is 10.1. The number of hydrogen-bond donors (Lipinski definition) is 1. The molecule has 22 heavy (non-hydrogen) atoms. The van der Waals surface area contributed by atoms with E-state index in [9.17, 15) is 4.79 Å². The summed E-state index contributed by atoms with van der Waals surface area (Å²) in [6, 6.07) is 0. The molecule has 8 nitrogen and oxygen atoms in total. The van der Waals surface area contributed by atoms with Crippen molar-refractivity contribution in [1.82, 2.24) is 29.5 Å². The summed E-state index contributed by atoms with van der Waals surface area (Å²) in [4.78, 5) is 34.8. The van der Waals surface area contributed by atoms with Crippen LogP contribution in [0.2, 0.25) is 0 Å². The highest BCUT2D eigenvalue weighted by molar-refractivity contribution is 5.82. The monoisotopic (exact) mass is 297 g/mol. The topological polar surface area (TPSA) is 92.6 Å². The first-order valence-corrected chi connectivity index (χ1v) is 7.09. The van der Waals surface area contributed by atoms with Crippen LogP contribution in [0.25, 0.3) is 11.2 Å². The Morgan fingerprint density at radius 2 is 2.14 bits per heavy atom. The van der Waals surface area contributed by atoms with Crippen LogP contribution < -0.4 is 10.5 Å². The van der Waals surface area contributed by atoms with Gasteiger partial charge in [0.15, 0.2) is 11.5 Å². The second-order valence-electron chi connectivity index (χ2n) is 5.42. The van der Waals surface area contributed by atoms with E-state index >= 15 is 0 Å². The number of imidazole rings is 1. The van der Waals surface area contributed by atoms with E-state index in [0.717, 1.165) is 41.4 Å². The second kappa shape index (κ2) is 4.62. The normalized spacial score (nSPS) is 14.4. The van der Waals surface area contributed by atoms with Gasteiger partial charge in [-0.3, -0.25) is 9.36 Å². The van der Waals surface area contributed by atoms with Gasteiger partial charge < -0.3 is 9.88 Å². The summed E-state index contributed by atoms with van der Waals surface area (Å²) in [6.45, 7) is 3.12. The average molecular weight is 297 g/mol. The maximum atomic E-state index is 12.5. The molecule has 4 rings (SSSR count). The third-order valence-electron chi connectivity index (χ3n) is 4.16. The van der Waals surface area contributed by atoms with Crippen LogP contribution >= 0.6 is 0 Å². The number of fused-ring (bicyclic) bond motifs is 2. The first-order chi connectivity index (χ1) is 10.6. The predicted molar refractivity (Wildman–Crippen MR) is 80.7 cm³/mol. The molecule has 4 heterocycles. The van der Waals surface area contributed by atoms with E-state index in [0.29, 0.717) is 12.2 Å². The Kier molecular flexibility index (Phi) is 2.72. The molecule has 1 aliphatic rings. The molecule has 8 heteroatoms. The number of aryl methyl sites for hydroxylation is 1. The Bertz CT molecular complexity index is 927. The molecule has 3 aromatic heterocycles. The number of anilines is 1. The lowest BCUT2D eigenvalue weighted by Gasteiger charge is -2.29. The van der Waals surface area contributed by atoms with E-state index in [2.05, 4.69) is 29.8 Å². The van der Waals surface area contributed by atoms with Gasteiger partial charge in [-0.2, -0.15) is 0 Å². The van der Waals surface area contributed by atoms with E-state index in [-0.39, 0.29) is 5.56 Å². The van der Waals surface area contributed by atoms with Crippen LogP contribution in [0.5, 0.6) is 0 Å². The molecule has 0 unspecified atom stereocenters. The first-order valence-electron chi connectivity index (χ1n) is 7.09. The predicted octanol–water partition coefficient (Wildman–Crippen LogP) is 0.318. The van der Waals surface area contributed by atoms with E-state index in [1.54, 1.807) is 17.9 Å². The van der Waals surface area contributed by atoms with Crippen molar-refractivity contribution in [1.29, 1.82) is 0 Å². The average Bonchev–Trinajstić information content (AvgIpc) is 3.01. The van der Waals surface area contributed by atoms with Gasteiger partial charge in [0.1, 0.15) is 17.7 Å². The van der Waals surface area contributed by atoms with Gasteiger partial charge in [-0.25, -0.2) is 19.9 Å². The maximum Gasteiger partial charge on any atom is 0.258 e. The Morgan fingerprint density at radius 1 is 1.27 bits per heavy atom. The van der Waals surface area contributed by atoms with Crippen molar-refractivity contribution in [2.45, 2.75) is 19.9 Å². The van der Waals surface area contributed by atoms with Gasteiger partial charge in [-0.1, -0.05) is 0 Å². The standard InChI is InChI=1S/C14H15N7O/c1-8-19-10-3-4-21(5-9(10)14(22)20(8)2)13-11-12(16-6-15-11)17-7-18-13/h6-7H,3-5H2,1-2H3,(H,15,16,17,18). The van der Waals surface area contributed by atoms with Gasteiger partial charge in [0.25, 0.3) is 5.56 Å². The van der Waals surface area contributed by atoms with Gasteiger partial charge in [-0.15, -0.1) is 0 Å². The lowest BCUT2D eigenvalue weighted by Crippen LogP contribution is -2.38. The van der Waals surface area contributed by atoms with Gasteiger partial charge in [0, 0.05) is 20.0 Å². The van der Waals surface area contributed by atoms with Gasteiger partial charge in [-0.05, 0) is 6.92 Å². The summed E-state index contributed by atoms with van der Waals surface area (Å²) in [5.41, 5.74) is 3.08. The molecule has 0 radical (unpaired) electrons. The summed E-state index contributed by atoms with van der Waals surface area (Å²) in [7, 11) is 1.75. The van der Waals surface area contributed by atoms with Crippen LogP contribution in [0.15, 0.2) is 17.4 Å². The Hall–Kier alpha value is -2.77. The van der Waals surface area contributed by atoms with Crippen molar-refractivity contribution in [3.63, 3.8) is 0 Å². The summed E-state index contributed by atoms with van der Waals surface area (Å²) in [6.07, 6.45) is 3.83. The second-order valence-corrected chi connectivity index (χ2v) is 5.42. The Balaban J connectivity index is 1.81. The summed E-state index contributed by atoms with van der Waals surface area (Å²) >= 11 is 0. The highest BCUT2D eigenvalue weighted by Crippen LogP contribution is 2.24. The number of nitrogens with one attached hydrogen (secondary N) is 1. The largest absolute Gasteiger partial charge is 0.350 e. The van der Waals surface area contributed by atoms with Crippen LogP contribution in [-0.2, 0) is 20.0 Å². The number of aromatic nitrogens is 6. The molecule has 0 spiro atoms. The quantitative estimate of drug-likeness (QED) is 0.695. The van der Waals surface area contributed by atoms with Crippen LogP contribution in [0.4, 0.5) is 5.82 Å². The van der Waals surface area contributed by atoms with Gasteiger partial charge >= 0.3 is 0 Å². The molecule has 0 bridgehead atoms. The van der Waals surface area contributed by atoms with Crippen molar-refractivity contribution in [2.75, 3.05) is 11.4 Å². The number of nitrogens with zero attached hydrogens (tertiary/aromatic N) is 6. The summed E-state index contributed by atoms with van der Waals surface area (Å²) in [5.74, 6) is 1.52. The molecule has 0 saturated carbocycles. The minimum Gasteiger partial charge on any atom is -0.350 e. The fourth-order valence-corrected chi connectivity index (χ4v) is 2.86. The zero-order valence-electron chi connectivity index (χ0n) is 12.4. The number of rotatable bonds is 1. The Morgan fingerprint density at radius 3 is 3.00 bits per heavy atom. The van der Waals surface area contributed by atoms with E-state index in [1.165, 1.54) is 6.33 Å². The lowest BCUT2D eigenvalue weighted by molar-refractivity contribution is 0.651. The molecule has 3 aromatic rings. The van der Waals surface area contributed by atoms with Crippen molar-refractivity contribution in [3.8, 4) is 0 Å². The highest BCUT2D eigenvalue weighted by Gasteiger charge is 2.24. The zero-order valence-corrected chi connectivity index (χ0v) is 12.4. The van der Waals surface area contributed by atoms with E-state index in [4.69, 9.17) is 0 Å². The van der Waals surface area contributed by atoms with Crippen LogP contribution in [0, 0.1) is 6.92 Å².